The van der Waals surface area contributed by atoms with Crippen molar-refractivity contribution in [3.63, 3.8) is 0 Å². The van der Waals surface area contributed by atoms with Gasteiger partial charge in [0.15, 0.2) is 0 Å². The quantitative estimate of drug-likeness (QED) is 0.909. The Bertz CT molecular complexity index is 506. The number of ether oxygens (including phenoxy) is 1. The summed E-state index contributed by atoms with van der Waals surface area (Å²) in [6, 6.07) is 8.47. The second kappa shape index (κ2) is 7.44. The molecule has 2 fully saturated rings. The summed E-state index contributed by atoms with van der Waals surface area (Å²) < 4.78 is 5.95. The van der Waals surface area contributed by atoms with Crippen LogP contribution in [0.15, 0.2) is 24.3 Å². The van der Waals surface area contributed by atoms with E-state index in [4.69, 9.17) is 10.5 Å². The van der Waals surface area contributed by atoms with E-state index in [1.165, 1.54) is 5.56 Å². The fourth-order valence-corrected chi connectivity index (χ4v) is 3.34. The van der Waals surface area contributed by atoms with Gasteiger partial charge in [-0.05, 0) is 31.7 Å². The van der Waals surface area contributed by atoms with E-state index in [9.17, 15) is 4.79 Å². The maximum atomic E-state index is 12.8. The maximum Gasteiger partial charge on any atom is 0.228 e. The van der Waals surface area contributed by atoms with Crippen LogP contribution in [0.5, 0.6) is 0 Å². The van der Waals surface area contributed by atoms with Gasteiger partial charge in [0.1, 0.15) is 0 Å². The number of amides is 1. The summed E-state index contributed by atoms with van der Waals surface area (Å²) in [5.41, 5.74) is 8.27. The van der Waals surface area contributed by atoms with Gasteiger partial charge in [-0.2, -0.15) is 0 Å². The van der Waals surface area contributed by atoms with Gasteiger partial charge < -0.3 is 15.4 Å². The Morgan fingerprint density at radius 3 is 2.64 bits per heavy atom. The highest BCUT2D eigenvalue weighted by Gasteiger charge is 2.37. The molecule has 3 rings (SSSR count). The number of aryl methyl sites for hydroxylation is 1. The van der Waals surface area contributed by atoms with Crippen LogP contribution in [0.2, 0.25) is 0 Å². The number of benzene rings is 1. The van der Waals surface area contributed by atoms with Gasteiger partial charge in [-0.25, -0.2) is 0 Å². The van der Waals surface area contributed by atoms with E-state index in [-0.39, 0.29) is 36.4 Å². The molecular formula is C17H25ClN2O2. The van der Waals surface area contributed by atoms with Gasteiger partial charge >= 0.3 is 0 Å². The van der Waals surface area contributed by atoms with Crippen molar-refractivity contribution in [2.24, 2.45) is 11.7 Å². The van der Waals surface area contributed by atoms with Crippen molar-refractivity contribution in [3.8, 4) is 0 Å². The van der Waals surface area contributed by atoms with Crippen LogP contribution in [0.1, 0.15) is 36.5 Å². The minimum absolute atomic E-state index is 0. The predicted octanol–water partition coefficient (Wildman–Crippen LogP) is 2.44. The first-order valence-corrected chi connectivity index (χ1v) is 7.87. The summed E-state index contributed by atoms with van der Waals surface area (Å²) in [6.07, 6.45) is 2.67. The summed E-state index contributed by atoms with van der Waals surface area (Å²) in [5, 5.41) is 0. The van der Waals surface area contributed by atoms with Crippen molar-refractivity contribution in [2.75, 3.05) is 19.7 Å². The first-order valence-electron chi connectivity index (χ1n) is 7.87. The van der Waals surface area contributed by atoms with Gasteiger partial charge in [0.2, 0.25) is 5.91 Å². The Morgan fingerprint density at radius 2 is 2.00 bits per heavy atom. The maximum absolute atomic E-state index is 12.8. The molecule has 122 valence electrons. The molecular weight excluding hydrogens is 300 g/mol. The van der Waals surface area contributed by atoms with Gasteiger partial charge in [0.25, 0.3) is 0 Å². The minimum atomic E-state index is -0.108. The topological polar surface area (TPSA) is 55.6 Å². The molecule has 1 aromatic rings. The molecule has 0 aliphatic carbocycles. The van der Waals surface area contributed by atoms with Crippen molar-refractivity contribution in [1.29, 1.82) is 0 Å². The standard InChI is InChI=1S/C17H24N2O2.ClH/c1-12-4-6-13(7-5-12)16-15(3-2-10-21-16)17(20)19-9-8-14(18)11-19;/h4-7,14-16H,2-3,8-11,18H2,1H3;1H/t14-,15?,16?;/m1./s1. The Hall–Kier alpha value is -1.10. The zero-order valence-electron chi connectivity index (χ0n) is 13.0. The molecule has 2 saturated heterocycles. The van der Waals surface area contributed by atoms with Gasteiger partial charge in [-0.15, -0.1) is 12.4 Å². The fraction of sp³-hybridized carbons (Fsp3) is 0.588. The summed E-state index contributed by atoms with van der Waals surface area (Å²) in [4.78, 5) is 14.7. The van der Waals surface area contributed by atoms with Crippen LogP contribution in [0, 0.1) is 12.8 Å². The van der Waals surface area contributed by atoms with E-state index >= 15 is 0 Å². The molecule has 22 heavy (non-hydrogen) atoms. The van der Waals surface area contributed by atoms with Crippen LogP contribution in [-0.2, 0) is 9.53 Å². The smallest absolute Gasteiger partial charge is 0.228 e. The molecule has 5 heteroatoms. The molecule has 2 heterocycles. The molecule has 2 unspecified atom stereocenters. The number of carbonyl (C=O) groups excluding carboxylic acids is 1. The highest BCUT2D eigenvalue weighted by molar-refractivity contribution is 5.85. The molecule has 4 nitrogen and oxygen atoms in total. The third-order valence-corrected chi connectivity index (χ3v) is 4.58. The normalized spacial score (nSPS) is 28.3. The van der Waals surface area contributed by atoms with E-state index < -0.39 is 0 Å². The monoisotopic (exact) mass is 324 g/mol. The predicted molar refractivity (Wildman–Crippen MR) is 89.0 cm³/mol. The van der Waals surface area contributed by atoms with Crippen molar-refractivity contribution < 1.29 is 9.53 Å². The number of likely N-dealkylation sites (tertiary alicyclic amines) is 1. The SMILES string of the molecule is Cc1ccc(C2OCCCC2C(=O)N2CC[C@@H](N)C2)cc1.Cl. The number of halogens is 1. The Labute approximate surface area is 138 Å². The third-order valence-electron chi connectivity index (χ3n) is 4.58. The lowest BCUT2D eigenvalue weighted by Gasteiger charge is -2.33. The van der Waals surface area contributed by atoms with Gasteiger partial charge in [-0.3, -0.25) is 4.79 Å². The second-order valence-corrected chi connectivity index (χ2v) is 6.28. The number of rotatable bonds is 2. The average molecular weight is 325 g/mol. The number of nitrogens with two attached hydrogens (primary N) is 1. The van der Waals surface area contributed by atoms with Gasteiger partial charge in [0.05, 0.1) is 12.0 Å². The summed E-state index contributed by atoms with van der Waals surface area (Å²) in [6.45, 7) is 4.29. The fourth-order valence-electron chi connectivity index (χ4n) is 3.34. The highest BCUT2D eigenvalue weighted by Crippen LogP contribution is 2.35. The van der Waals surface area contributed by atoms with Crippen LogP contribution in [0.25, 0.3) is 0 Å². The van der Waals surface area contributed by atoms with Crippen LogP contribution in [-0.4, -0.2) is 36.5 Å². The summed E-state index contributed by atoms with van der Waals surface area (Å²) in [5.74, 6) is 0.153. The number of hydrogen-bond acceptors (Lipinski definition) is 3. The Balaban J connectivity index is 0.00000176. The van der Waals surface area contributed by atoms with Crippen molar-refractivity contribution in [1.82, 2.24) is 4.90 Å². The molecule has 3 atom stereocenters. The average Bonchev–Trinajstić information content (AvgIpc) is 2.94. The van der Waals surface area contributed by atoms with Crippen molar-refractivity contribution >= 4 is 18.3 Å². The Morgan fingerprint density at radius 1 is 1.27 bits per heavy atom. The highest BCUT2D eigenvalue weighted by atomic mass is 35.5. The largest absolute Gasteiger partial charge is 0.373 e. The first-order chi connectivity index (χ1) is 10.1. The summed E-state index contributed by atoms with van der Waals surface area (Å²) >= 11 is 0. The molecule has 0 saturated carbocycles. The van der Waals surface area contributed by atoms with Crippen LogP contribution in [0.3, 0.4) is 0 Å². The van der Waals surface area contributed by atoms with E-state index in [0.717, 1.165) is 38.0 Å². The molecule has 1 aromatic carbocycles. The van der Waals surface area contributed by atoms with Crippen molar-refractivity contribution in [2.45, 2.75) is 38.3 Å². The molecule has 0 spiro atoms. The first kappa shape index (κ1) is 17.3. The van der Waals surface area contributed by atoms with E-state index in [1.54, 1.807) is 0 Å². The number of carbonyl (C=O) groups is 1. The zero-order chi connectivity index (χ0) is 14.8. The van der Waals surface area contributed by atoms with E-state index in [2.05, 4.69) is 31.2 Å². The van der Waals surface area contributed by atoms with E-state index in [0.29, 0.717) is 6.54 Å². The summed E-state index contributed by atoms with van der Waals surface area (Å²) in [7, 11) is 0. The second-order valence-electron chi connectivity index (χ2n) is 6.28. The lowest BCUT2D eigenvalue weighted by molar-refractivity contribution is -0.144. The molecule has 0 aromatic heterocycles. The minimum Gasteiger partial charge on any atom is -0.373 e. The Kier molecular flexibility index (Phi) is 5.84. The van der Waals surface area contributed by atoms with E-state index in [1.807, 2.05) is 4.90 Å². The number of nitrogens with zero attached hydrogens (tertiary/aromatic N) is 1. The van der Waals surface area contributed by atoms with Crippen LogP contribution < -0.4 is 5.73 Å². The third kappa shape index (κ3) is 3.62. The molecule has 0 bridgehead atoms. The van der Waals surface area contributed by atoms with Gasteiger partial charge in [-0.1, -0.05) is 29.8 Å². The molecule has 2 aliphatic heterocycles. The number of hydrogen-bond donors (Lipinski definition) is 1. The van der Waals surface area contributed by atoms with Crippen molar-refractivity contribution in [3.05, 3.63) is 35.4 Å². The molecule has 1 amide bonds. The molecule has 2 aliphatic rings. The molecule has 0 radical (unpaired) electrons. The molecule has 2 N–H and O–H groups in total. The van der Waals surface area contributed by atoms with Gasteiger partial charge in [0, 0.05) is 25.7 Å². The lowest BCUT2D eigenvalue weighted by Crippen LogP contribution is -2.40. The van der Waals surface area contributed by atoms with Crippen LogP contribution in [0.4, 0.5) is 0 Å². The zero-order valence-corrected chi connectivity index (χ0v) is 13.8. The van der Waals surface area contributed by atoms with Crippen LogP contribution >= 0.6 is 12.4 Å². The lowest BCUT2D eigenvalue weighted by atomic mass is 9.88.